The van der Waals surface area contributed by atoms with Gasteiger partial charge in [0.05, 0.1) is 18.1 Å². The lowest BCUT2D eigenvalue weighted by Crippen LogP contribution is -2.39. The molecule has 156 valence electrons. The number of amides is 2. The number of sulfonamides is 1. The molecule has 0 unspecified atom stereocenters. The topological polar surface area (TPSA) is 139 Å². The molecule has 1 aromatic rings. The van der Waals surface area contributed by atoms with Crippen LogP contribution in [0.25, 0.3) is 0 Å². The lowest BCUT2D eigenvalue weighted by Gasteiger charge is -2.31. The zero-order valence-corrected chi connectivity index (χ0v) is 17.1. The molecule has 0 atom stereocenters. The van der Waals surface area contributed by atoms with Crippen LogP contribution in [0.3, 0.4) is 0 Å². The first-order valence-electron chi connectivity index (χ1n) is 8.73. The van der Waals surface area contributed by atoms with Crippen molar-refractivity contribution in [3.8, 4) is 5.75 Å². The summed E-state index contributed by atoms with van der Waals surface area (Å²) in [6.45, 7) is 3.73. The smallest absolute Gasteiger partial charge is 0.270 e. The van der Waals surface area contributed by atoms with E-state index in [4.69, 9.17) is 10.5 Å². The van der Waals surface area contributed by atoms with Gasteiger partial charge in [0.1, 0.15) is 22.2 Å². The molecule has 1 aliphatic carbocycles. The number of para-hydroxylation sites is 2. The van der Waals surface area contributed by atoms with Crippen molar-refractivity contribution in [1.82, 2.24) is 5.32 Å². The van der Waals surface area contributed by atoms with Gasteiger partial charge in [0.15, 0.2) is 0 Å². The monoisotopic (exact) mass is 439 g/mol. The second-order valence-corrected chi connectivity index (χ2v) is 9.68. The molecule has 29 heavy (non-hydrogen) atoms. The Hall–Kier alpha value is -2.50. The number of aliphatic hydroxyl groups is 1. The summed E-state index contributed by atoms with van der Waals surface area (Å²) < 4.78 is 33.1. The molecule has 3 rings (SSSR count). The van der Waals surface area contributed by atoms with E-state index in [0.717, 1.165) is 17.8 Å². The lowest BCUT2D eigenvalue weighted by atomic mass is 10.2. The van der Waals surface area contributed by atoms with Crippen molar-refractivity contribution in [3.63, 3.8) is 0 Å². The Morgan fingerprint density at radius 2 is 2.07 bits per heavy atom. The number of nitrogens with zero attached hydrogens (tertiary/aromatic N) is 1. The third-order valence-corrected chi connectivity index (χ3v) is 7.69. The Bertz CT molecular complexity index is 985. The molecule has 1 heterocycles. The number of rotatable bonds is 8. The van der Waals surface area contributed by atoms with Crippen molar-refractivity contribution in [1.29, 1.82) is 0 Å². The van der Waals surface area contributed by atoms with E-state index in [0.29, 0.717) is 24.3 Å². The quantitative estimate of drug-likeness (QED) is 0.303. The van der Waals surface area contributed by atoms with Gasteiger partial charge in [-0.15, -0.1) is 0 Å². The highest BCUT2D eigenvalue weighted by Gasteiger charge is 2.47. The van der Waals surface area contributed by atoms with Crippen molar-refractivity contribution >= 4 is 39.3 Å². The van der Waals surface area contributed by atoms with Crippen molar-refractivity contribution < 1.29 is 27.9 Å². The van der Waals surface area contributed by atoms with Gasteiger partial charge in [-0.3, -0.25) is 13.9 Å². The summed E-state index contributed by atoms with van der Waals surface area (Å²) in [6, 6.07) is 6.69. The van der Waals surface area contributed by atoms with Crippen LogP contribution in [0.2, 0.25) is 0 Å². The molecular formula is C18H21N3O6S2. The van der Waals surface area contributed by atoms with Crippen LogP contribution in [0, 0.1) is 0 Å². The van der Waals surface area contributed by atoms with E-state index in [9.17, 15) is 23.1 Å². The Balaban J connectivity index is 1.85. The fraction of sp³-hybridized carbons (Fsp3) is 0.333. The number of primary amides is 1. The summed E-state index contributed by atoms with van der Waals surface area (Å²) in [7, 11) is -4.09. The van der Waals surface area contributed by atoms with Gasteiger partial charge in [-0.1, -0.05) is 30.5 Å². The van der Waals surface area contributed by atoms with Crippen LogP contribution in [-0.4, -0.2) is 50.0 Å². The Kier molecular flexibility index (Phi) is 5.92. The van der Waals surface area contributed by atoms with Gasteiger partial charge in [-0.05, 0) is 31.1 Å². The maximum absolute atomic E-state index is 13.3. The molecule has 0 aromatic heterocycles. The molecule has 1 fully saturated rings. The predicted molar refractivity (Wildman–Crippen MR) is 109 cm³/mol. The van der Waals surface area contributed by atoms with E-state index in [1.165, 1.54) is 4.31 Å². The minimum absolute atomic E-state index is 0.0758. The number of anilines is 1. The third-order valence-electron chi connectivity index (χ3n) is 4.43. The number of hydrogen-bond acceptors (Lipinski definition) is 7. The van der Waals surface area contributed by atoms with Crippen LogP contribution in [0.15, 0.2) is 46.7 Å². The third kappa shape index (κ3) is 4.57. The second-order valence-electron chi connectivity index (χ2n) is 6.57. The molecular weight excluding hydrogens is 418 g/mol. The molecule has 2 amide bonds. The van der Waals surface area contributed by atoms with E-state index >= 15 is 0 Å². The molecule has 2 aliphatic rings. The molecule has 11 heteroatoms. The minimum atomic E-state index is -4.09. The number of ether oxygens (including phenoxy) is 1. The van der Waals surface area contributed by atoms with Gasteiger partial charge < -0.3 is 20.9 Å². The molecule has 0 saturated heterocycles. The van der Waals surface area contributed by atoms with Crippen molar-refractivity contribution in [3.05, 3.63) is 46.7 Å². The van der Waals surface area contributed by atoms with Gasteiger partial charge in [-0.25, -0.2) is 8.42 Å². The summed E-state index contributed by atoms with van der Waals surface area (Å²) in [5.41, 5.74) is 4.01. The number of hydrogen-bond donors (Lipinski definition) is 3. The Morgan fingerprint density at radius 3 is 2.72 bits per heavy atom. The molecule has 1 aliphatic heterocycles. The average molecular weight is 440 g/mol. The first-order chi connectivity index (χ1) is 13.6. The molecule has 0 radical (unpaired) electrons. The number of benzene rings is 1. The van der Waals surface area contributed by atoms with E-state index in [1.54, 1.807) is 24.3 Å². The van der Waals surface area contributed by atoms with E-state index in [2.05, 4.69) is 11.9 Å². The van der Waals surface area contributed by atoms with Crippen molar-refractivity contribution in [2.75, 3.05) is 23.3 Å². The van der Waals surface area contributed by atoms with Crippen LogP contribution < -0.4 is 20.1 Å². The maximum Gasteiger partial charge on any atom is 0.270 e. The lowest BCUT2D eigenvalue weighted by molar-refractivity contribution is -0.131. The van der Waals surface area contributed by atoms with Gasteiger partial charge in [0, 0.05) is 5.57 Å². The number of thioether (sulfide) groups is 1. The standard InChI is InChI=1S/C18H21N3O6S2/c1-12(16(19)22)10-15(28-11-20-17(23)18(24)6-7-18)29(25,26)21-8-9-27-14-5-3-2-4-13(14)21/h2-5,10,24H,1,6-9,11H2,(H2,19,22)(H,20,23). The van der Waals surface area contributed by atoms with Crippen LogP contribution in [0.5, 0.6) is 5.75 Å². The molecule has 9 nitrogen and oxygen atoms in total. The fourth-order valence-electron chi connectivity index (χ4n) is 2.59. The minimum Gasteiger partial charge on any atom is -0.489 e. The van der Waals surface area contributed by atoms with Gasteiger partial charge in [0.25, 0.3) is 15.9 Å². The van der Waals surface area contributed by atoms with Crippen LogP contribution in [0.1, 0.15) is 12.8 Å². The normalized spacial score (nSPS) is 17.7. The highest BCUT2D eigenvalue weighted by atomic mass is 32.3. The largest absolute Gasteiger partial charge is 0.489 e. The van der Waals surface area contributed by atoms with Crippen LogP contribution in [0.4, 0.5) is 5.69 Å². The highest BCUT2D eigenvalue weighted by Crippen LogP contribution is 2.38. The second kappa shape index (κ2) is 8.09. The SMILES string of the molecule is C=C(C=C(SCNC(=O)C1(O)CC1)S(=O)(=O)N1CCOc2ccccc21)C(N)=O. The van der Waals surface area contributed by atoms with Crippen molar-refractivity contribution in [2.24, 2.45) is 5.73 Å². The van der Waals surface area contributed by atoms with E-state index in [-0.39, 0.29) is 28.8 Å². The molecule has 0 bridgehead atoms. The average Bonchev–Trinajstić information content (AvgIpc) is 3.45. The van der Waals surface area contributed by atoms with Gasteiger partial charge in [-0.2, -0.15) is 0 Å². The summed E-state index contributed by atoms with van der Waals surface area (Å²) in [6.07, 6.45) is 1.82. The number of nitrogens with two attached hydrogens (primary N) is 1. The van der Waals surface area contributed by atoms with Crippen LogP contribution in [-0.2, 0) is 19.6 Å². The molecule has 1 aromatic carbocycles. The van der Waals surface area contributed by atoms with Gasteiger partial charge >= 0.3 is 0 Å². The number of fused-ring (bicyclic) bond motifs is 1. The summed E-state index contributed by atoms with van der Waals surface area (Å²) in [4.78, 5) is 23.3. The van der Waals surface area contributed by atoms with Gasteiger partial charge in [0.2, 0.25) is 5.91 Å². The Morgan fingerprint density at radius 1 is 1.38 bits per heavy atom. The zero-order valence-electron chi connectivity index (χ0n) is 15.5. The summed E-state index contributed by atoms with van der Waals surface area (Å²) >= 11 is 0.794. The predicted octanol–water partition coefficient (Wildman–Crippen LogP) is 0.430. The van der Waals surface area contributed by atoms with E-state index in [1.807, 2.05) is 0 Å². The summed E-state index contributed by atoms with van der Waals surface area (Å²) in [5, 5.41) is 12.3. The van der Waals surface area contributed by atoms with Crippen molar-refractivity contribution in [2.45, 2.75) is 18.4 Å². The van der Waals surface area contributed by atoms with E-state index < -0.39 is 27.4 Å². The highest BCUT2D eigenvalue weighted by molar-refractivity contribution is 8.19. The maximum atomic E-state index is 13.3. The molecule has 4 N–H and O–H groups in total. The number of nitrogens with one attached hydrogen (secondary N) is 1. The Labute approximate surface area is 172 Å². The zero-order chi connectivity index (χ0) is 21.2. The first kappa shape index (κ1) is 21.2. The fourth-order valence-corrected chi connectivity index (χ4v) is 5.44. The molecule has 0 spiro atoms. The molecule has 1 saturated carbocycles. The number of carbonyl (C=O) groups excluding carboxylic acids is 2. The van der Waals surface area contributed by atoms with Crippen LogP contribution >= 0.6 is 11.8 Å². The first-order valence-corrected chi connectivity index (χ1v) is 11.2. The summed E-state index contributed by atoms with van der Waals surface area (Å²) in [5.74, 6) is -1.13. The number of carbonyl (C=O) groups is 2.